The molecule has 2 aromatic carbocycles. The Kier molecular flexibility index (Phi) is 3.98. The molecule has 0 unspecified atom stereocenters. The number of imidazole rings is 1. The molecule has 0 amide bonds. The molecule has 3 rings (SSSR count). The lowest BCUT2D eigenvalue weighted by Crippen LogP contribution is -1.94. The van der Waals surface area contributed by atoms with Crippen molar-refractivity contribution in [1.82, 2.24) is 9.97 Å². The average Bonchev–Trinajstić information content (AvgIpc) is 3.03. The van der Waals surface area contributed by atoms with E-state index in [0.717, 1.165) is 22.6 Å². The zero-order valence-corrected chi connectivity index (χ0v) is 11.5. The molecule has 21 heavy (non-hydrogen) atoms. The third-order valence-corrected chi connectivity index (χ3v) is 3.19. The summed E-state index contributed by atoms with van der Waals surface area (Å²) in [6.07, 6.45) is 1.71. The zero-order chi connectivity index (χ0) is 14.5. The van der Waals surface area contributed by atoms with E-state index in [-0.39, 0.29) is 6.61 Å². The van der Waals surface area contributed by atoms with Crippen molar-refractivity contribution in [3.05, 3.63) is 72.2 Å². The van der Waals surface area contributed by atoms with Crippen molar-refractivity contribution in [3.8, 4) is 17.0 Å². The molecule has 2 N–H and O–H groups in total. The highest BCUT2D eigenvalue weighted by atomic mass is 16.5. The molecule has 0 saturated heterocycles. The van der Waals surface area contributed by atoms with Crippen LogP contribution in [-0.2, 0) is 13.2 Å². The van der Waals surface area contributed by atoms with Crippen molar-refractivity contribution < 1.29 is 9.84 Å². The van der Waals surface area contributed by atoms with E-state index in [4.69, 9.17) is 9.84 Å². The Hall–Kier alpha value is -2.59. The van der Waals surface area contributed by atoms with Gasteiger partial charge in [-0.1, -0.05) is 30.3 Å². The minimum atomic E-state index is -0.0850. The molecule has 3 aromatic rings. The van der Waals surface area contributed by atoms with Crippen LogP contribution >= 0.6 is 0 Å². The van der Waals surface area contributed by atoms with E-state index in [1.165, 1.54) is 0 Å². The average molecular weight is 280 g/mol. The second kappa shape index (κ2) is 6.24. The second-order valence-corrected chi connectivity index (χ2v) is 4.70. The summed E-state index contributed by atoms with van der Waals surface area (Å²) in [5, 5.41) is 9.01. The fraction of sp³-hybridized carbons (Fsp3) is 0.118. The fourth-order valence-corrected chi connectivity index (χ4v) is 2.06. The normalized spacial score (nSPS) is 10.5. The highest BCUT2D eigenvalue weighted by Gasteiger charge is 2.03. The third-order valence-electron chi connectivity index (χ3n) is 3.19. The summed E-state index contributed by atoms with van der Waals surface area (Å²) >= 11 is 0. The van der Waals surface area contributed by atoms with Gasteiger partial charge in [-0.05, 0) is 35.4 Å². The van der Waals surface area contributed by atoms with Crippen LogP contribution in [0.25, 0.3) is 11.3 Å². The maximum absolute atomic E-state index is 9.01. The van der Waals surface area contributed by atoms with Crippen LogP contribution in [0.1, 0.15) is 11.4 Å². The number of hydrogen-bond acceptors (Lipinski definition) is 3. The van der Waals surface area contributed by atoms with Gasteiger partial charge in [0.2, 0.25) is 0 Å². The second-order valence-electron chi connectivity index (χ2n) is 4.70. The van der Waals surface area contributed by atoms with Gasteiger partial charge in [0.15, 0.2) is 0 Å². The van der Waals surface area contributed by atoms with E-state index in [1.807, 2.05) is 54.6 Å². The maximum Gasteiger partial charge on any atom is 0.132 e. The third kappa shape index (κ3) is 3.30. The van der Waals surface area contributed by atoms with Gasteiger partial charge in [0, 0.05) is 0 Å². The number of aromatic amines is 1. The van der Waals surface area contributed by atoms with E-state index >= 15 is 0 Å². The Balaban J connectivity index is 1.66. The predicted octanol–water partition coefficient (Wildman–Crippen LogP) is 3.15. The van der Waals surface area contributed by atoms with E-state index in [0.29, 0.717) is 12.4 Å². The van der Waals surface area contributed by atoms with E-state index in [1.54, 1.807) is 6.20 Å². The molecule has 0 aliphatic rings. The van der Waals surface area contributed by atoms with Crippen LogP contribution < -0.4 is 4.74 Å². The van der Waals surface area contributed by atoms with E-state index in [2.05, 4.69) is 9.97 Å². The molecular formula is C17H16N2O2. The van der Waals surface area contributed by atoms with Gasteiger partial charge in [0.05, 0.1) is 11.9 Å². The lowest BCUT2D eigenvalue weighted by molar-refractivity contribution is 0.272. The minimum Gasteiger partial charge on any atom is -0.489 e. The van der Waals surface area contributed by atoms with Gasteiger partial charge in [-0.3, -0.25) is 0 Å². The molecule has 0 atom stereocenters. The Bertz CT molecular complexity index is 690. The lowest BCUT2D eigenvalue weighted by atomic mass is 10.1. The Morgan fingerprint density at radius 3 is 2.43 bits per heavy atom. The molecule has 4 nitrogen and oxygen atoms in total. The molecule has 1 heterocycles. The monoisotopic (exact) mass is 280 g/mol. The van der Waals surface area contributed by atoms with Gasteiger partial charge in [0.25, 0.3) is 0 Å². The van der Waals surface area contributed by atoms with Gasteiger partial charge >= 0.3 is 0 Å². The van der Waals surface area contributed by atoms with Gasteiger partial charge in [-0.25, -0.2) is 4.98 Å². The number of H-pyrrole nitrogens is 1. The van der Waals surface area contributed by atoms with Crippen LogP contribution in [0.5, 0.6) is 5.75 Å². The number of aromatic nitrogens is 2. The smallest absolute Gasteiger partial charge is 0.132 e. The predicted molar refractivity (Wildman–Crippen MR) is 80.7 cm³/mol. The summed E-state index contributed by atoms with van der Waals surface area (Å²) in [7, 11) is 0. The fourth-order valence-electron chi connectivity index (χ4n) is 2.06. The first kappa shape index (κ1) is 13.4. The SMILES string of the molecule is OCc1ncc(-c2ccc(OCc3ccccc3)cc2)[nH]1. The van der Waals surface area contributed by atoms with Crippen molar-refractivity contribution in [2.24, 2.45) is 0 Å². The van der Waals surface area contributed by atoms with Crippen LogP contribution in [0.2, 0.25) is 0 Å². The summed E-state index contributed by atoms with van der Waals surface area (Å²) in [6, 6.07) is 17.9. The van der Waals surface area contributed by atoms with Crippen molar-refractivity contribution in [2.45, 2.75) is 13.2 Å². The molecule has 0 radical (unpaired) electrons. The molecule has 1 aromatic heterocycles. The summed E-state index contributed by atoms with van der Waals surface area (Å²) < 4.78 is 5.74. The molecular weight excluding hydrogens is 264 g/mol. The van der Waals surface area contributed by atoms with Crippen molar-refractivity contribution in [2.75, 3.05) is 0 Å². The van der Waals surface area contributed by atoms with Crippen LogP contribution in [-0.4, -0.2) is 15.1 Å². The van der Waals surface area contributed by atoms with Gasteiger partial charge < -0.3 is 14.8 Å². The molecule has 0 spiro atoms. The van der Waals surface area contributed by atoms with Gasteiger partial charge in [0.1, 0.15) is 24.8 Å². The number of hydrogen-bond donors (Lipinski definition) is 2. The van der Waals surface area contributed by atoms with Crippen LogP contribution in [0.15, 0.2) is 60.8 Å². The topological polar surface area (TPSA) is 58.1 Å². The Morgan fingerprint density at radius 2 is 1.76 bits per heavy atom. The number of aliphatic hydroxyl groups excluding tert-OH is 1. The largest absolute Gasteiger partial charge is 0.489 e. The first-order chi connectivity index (χ1) is 10.3. The Morgan fingerprint density at radius 1 is 1.00 bits per heavy atom. The molecule has 0 aliphatic carbocycles. The van der Waals surface area contributed by atoms with Crippen LogP contribution in [0.3, 0.4) is 0 Å². The molecule has 0 bridgehead atoms. The Labute approximate surface area is 123 Å². The number of aliphatic hydroxyl groups is 1. The molecule has 0 aliphatic heterocycles. The zero-order valence-electron chi connectivity index (χ0n) is 11.5. The molecule has 0 fully saturated rings. The minimum absolute atomic E-state index is 0.0850. The number of nitrogens with one attached hydrogen (secondary N) is 1. The van der Waals surface area contributed by atoms with Gasteiger partial charge in [-0.2, -0.15) is 0 Å². The highest BCUT2D eigenvalue weighted by Crippen LogP contribution is 2.21. The maximum atomic E-state index is 9.01. The number of rotatable bonds is 5. The standard InChI is InChI=1S/C17H16N2O2/c20-11-17-18-10-16(19-17)14-6-8-15(9-7-14)21-12-13-4-2-1-3-5-13/h1-10,20H,11-12H2,(H,18,19). The van der Waals surface area contributed by atoms with E-state index < -0.39 is 0 Å². The summed E-state index contributed by atoms with van der Waals surface area (Å²) in [6.45, 7) is 0.469. The van der Waals surface area contributed by atoms with Crippen LogP contribution in [0, 0.1) is 0 Å². The van der Waals surface area contributed by atoms with Gasteiger partial charge in [-0.15, -0.1) is 0 Å². The summed E-state index contributed by atoms with van der Waals surface area (Å²) in [4.78, 5) is 7.13. The molecule has 4 heteroatoms. The first-order valence-corrected chi connectivity index (χ1v) is 6.77. The highest BCUT2D eigenvalue weighted by molar-refractivity contribution is 5.59. The van der Waals surface area contributed by atoms with E-state index in [9.17, 15) is 0 Å². The molecule has 0 saturated carbocycles. The number of nitrogens with zero attached hydrogens (tertiary/aromatic N) is 1. The van der Waals surface area contributed by atoms with Crippen molar-refractivity contribution >= 4 is 0 Å². The quantitative estimate of drug-likeness (QED) is 0.755. The van der Waals surface area contributed by atoms with Crippen molar-refractivity contribution in [3.63, 3.8) is 0 Å². The number of benzene rings is 2. The summed E-state index contributed by atoms with van der Waals surface area (Å²) in [5.74, 6) is 1.39. The molecule has 106 valence electrons. The lowest BCUT2D eigenvalue weighted by Gasteiger charge is -2.06. The first-order valence-electron chi connectivity index (χ1n) is 6.77. The van der Waals surface area contributed by atoms with Crippen LogP contribution in [0.4, 0.5) is 0 Å². The van der Waals surface area contributed by atoms with Crippen molar-refractivity contribution in [1.29, 1.82) is 0 Å². The summed E-state index contributed by atoms with van der Waals surface area (Å²) in [5.41, 5.74) is 3.03. The number of ether oxygens (including phenoxy) is 1.